The zero-order valence-electron chi connectivity index (χ0n) is 5.17. The van der Waals surface area contributed by atoms with Crippen molar-refractivity contribution in [2.75, 3.05) is 14.1 Å². The molecule has 54 valence electrons. The third-order valence-electron chi connectivity index (χ3n) is 0.211. The van der Waals surface area contributed by atoms with Gasteiger partial charge < -0.3 is 10.0 Å². The molecule has 9 heavy (non-hydrogen) atoms. The molecule has 4 nitrogen and oxygen atoms in total. The van der Waals surface area contributed by atoms with Crippen LogP contribution in [0.2, 0.25) is 0 Å². The summed E-state index contributed by atoms with van der Waals surface area (Å²) in [5, 5.41) is 7.18. The Morgan fingerprint density at radius 3 is 1.78 bits per heavy atom. The van der Waals surface area contributed by atoms with Crippen molar-refractivity contribution in [2.45, 2.75) is 0 Å². The largest absolute Gasteiger partial charge is 0.469 e. The summed E-state index contributed by atoms with van der Waals surface area (Å²) in [6.45, 7) is 0. The molecule has 0 aliphatic rings. The average molecular weight is 154 g/mol. The van der Waals surface area contributed by atoms with E-state index in [-0.39, 0.29) is 0 Å². The van der Waals surface area contributed by atoms with E-state index in [1.54, 1.807) is 14.1 Å². The third kappa shape index (κ3) is 131. The zero-order valence-corrected chi connectivity index (χ0v) is 5.92. The van der Waals surface area contributed by atoms with Crippen LogP contribution in [0.4, 0.5) is 4.79 Å². The molecule has 0 aromatic rings. The normalized spacial score (nSPS) is 6.56. The van der Waals surface area contributed by atoms with Gasteiger partial charge in [0, 0.05) is 25.7 Å². The fourth-order valence-electron chi connectivity index (χ4n) is 0. The van der Waals surface area contributed by atoms with Gasteiger partial charge in [0.05, 0.1) is 0 Å². The third-order valence-corrected chi connectivity index (χ3v) is 0.211. The SMILES string of the molecule is CN(C)C=O.O=C(O)Cl. The van der Waals surface area contributed by atoms with Crippen LogP contribution in [0.5, 0.6) is 0 Å². The lowest BCUT2D eigenvalue weighted by molar-refractivity contribution is -0.115. The minimum Gasteiger partial charge on any atom is -0.469 e. The molecule has 0 radical (unpaired) electrons. The molecule has 0 aromatic heterocycles. The first-order valence-electron chi connectivity index (χ1n) is 2.01. The fourth-order valence-corrected chi connectivity index (χ4v) is 0. The van der Waals surface area contributed by atoms with Gasteiger partial charge in [-0.2, -0.15) is 0 Å². The van der Waals surface area contributed by atoms with Gasteiger partial charge in [-0.05, 0) is 0 Å². The Bertz CT molecular complexity index is 89.8. The van der Waals surface area contributed by atoms with Crippen LogP contribution in [-0.2, 0) is 4.79 Å². The van der Waals surface area contributed by atoms with Crippen LogP contribution in [0, 0.1) is 0 Å². The highest BCUT2D eigenvalue weighted by atomic mass is 35.5. The van der Waals surface area contributed by atoms with Crippen molar-refractivity contribution in [3.8, 4) is 0 Å². The van der Waals surface area contributed by atoms with E-state index in [0.717, 1.165) is 6.41 Å². The number of carbonyl (C=O) groups is 2. The monoisotopic (exact) mass is 153 g/mol. The van der Waals surface area contributed by atoms with Gasteiger partial charge >= 0.3 is 5.43 Å². The topological polar surface area (TPSA) is 57.6 Å². The van der Waals surface area contributed by atoms with Crippen molar-refractivity contribution in [3.63, 3.8) is 0 Å². The van der Waals surface area contributed by atoms with Crippen molar-refractivity contribution >= 4 is 23.4 Å². The maximum atomic E-state index is 9.43. The number of rotatable bonds is 1. The molecular formula is C4H8ClNO3. The number of amides is 1. The molecule has 0 saturated heterocycles. The van der Waals surface area contributed by atoms with Gasteiger partial charge in [-0.3, -0.25) is 4.79 Å². The first-order chi connectivity index (χ1) is 4.00. The molecule has 0 unspecified atom stereocenters. The van der Waals surface area contributed by atoms with Crippen LogP contribution in [0.3, 0.4) is 0 Å². The van der Waals surface area contributed by atoms with Crippen molar-refractivity contribution in [1.82, 2.24) is 4.90 Å². The van der Waals surface area contributed by atoms with Crippen LogP contribution >= 0.6 is 11.6 Å². The highest BCUT2D eigenvalue weighted by Crippen LogP contribution is 1.67. The summed E-state index contributed by atoms with van der Waals surface area (Å²) in [6.07, 6.45) is 0.750. The van der Waals surface area contributed by atoms with E-state index in [4.69, 9.17) is 9.90 Å². The standard InChI is InChI=1S/C3H7NO.CHClO2/c1-4(2)3-5;2-1(3)4/h3H,1-2H3;(H,3,4). The zero-order chi connectivity index (χ0) is 7.86. The molecule has 0 aliphatic carbocycles. The van der Waals surface area contributed by atoms with Gasteiger partial charge in [-0.1, -0.05) is 0 Å². The van der Waals surface area contributed by atoms with Crippen molar-refractivity contribution < 1.29 is 14.7 Å². The van der Waals surface area contributed by atoms with Crippen molar-refractivity contribution in [2.24, 2.45) is 0 Å². The highest BCUT2D eigenvalue weighted by Gasteiger charge is 1.71. The number of carboxylic acid groups (broad SMARTS) is 1. The molecule has 1 amide bonds. The number of halogens is 1. The molecule has 0 atom stereocenters. The molecule has 0 aromatic carbocycles. The van der Waals surface area contributed by atoms with Crippen LogP contribution in [0.1, 0.15) is 0 Å². The number of hydrogen-bond acceptors (Lipinski definition) is 2. The number of hydrogen-bond donors (Lipinski definition) is 1. The smallest absolute Gasteiger partial charge is 0.401 e. The van der Waals surface area contributed by atoms with Gasteiger partial charge in [-0.25, -0.2) is 4.79 Å². The van der Waals surface area contributed by atoms with Crippen molar-refractivity contribution in [1.29, 1.82) is 0 Å². The fraction of sp³-hybridized carbons (Fsp3) is 0.500. The van der Waals surface area contributed by atoms with Gasteiger partial charge in [-0.15, -0.1) is 0 Å². The minimum absolute atomic E-state index is 0.750. The lowest BCUT2D eigenvalue weighted by atomic mass is 11.0. The summed E-state index contributed by atoms with van der Waals surface area (Å²) in [6, 6.07) is 0. The maximum absolute atomic E-state index is 9.43. The van der Waals surface area contributed by atoms with Crippen LogP contribution in [-0.4, -0.2) is 35.9 Å². The second-order valence-electron chi connectivity index (χ2n) is 1.32. The first-order valence-corrected chi connectivity index (χ1v) is 2.38. The Hall–Kier alpha value is -0.770. The Kier molecular flexibility index (Phi) is 8.90. The van der Waals surface area contributed by atoms with Gasteiger partial charge in [0.15, 0.2) is 0 Å². The van der Waals surface area contributed by atoms with E-state index in [1.165, 1.54) is 4.90 Å². The quantitative estimate of drug-likeness (QED) is 0.444. The molecule has 0 spiro atoms. The molecule has 1 N–H and O–H groups in total. The second-order valence-corrected chi connectivity index (χ2v) is 1.65. The molecular weight excluding hydrogens is 146 g/mol. The number of nitrogens with zero attached hydrogens (tertiary/aromatic N) is 1. The van der Waals surface area contributed by atoms with Gasteiger partial charge in [0.25, 0.3) is 0 Å². The molecule has 0 saturated carbocycles. The lowest BCUT2D eigenvalue weighted by Gasteiger charge is -1.93. The Labute approximate surface area is 58.0 Å². The van der Waals surface area contributed by atoms with E-state index in [2.05, 4.69) is 11.6 Å². The van der Waals surface area contributed by atoms with Gasteiger partial charge in [0.1, 0.15) is 0 Å². The second kappa shape index (κ2) is 7.23. The highest BCUT2D eigenvalue weighted by molar-refractivity contribution is 6.60. The van der Waals surface area contributed by atoms with E-state index in [1.807, 2.05) is 0 Å². The predicted octanol–water partition coefficient (Wildman–Crippen LogP) is 0.608. The lowest BCUT2D eigenvalue weighted by Crippen LogP contribution is -2.06. The predicted molar refractivity (Wildman–Crippen MR) is 33.6 cm³/mol. The number of carbonyl (C=O) groups excluding carboxylic acids is 1. The van der Waals surface area contributed by atoms with Crippen LogP contribution in [0.15, 0.2) is 0 Å². The molecule has 0 fully saturated rings. The Morgan fingerprint density at radius 1 is 1.67 bits per heavy atom. The molecule has 0 heterocycles. The van der Waals surface area contributed by atoms with E-state index >= 15 is 0 Å². The summed E-state index contributed by atoms with van der Waals surface area (Å²) < 4.78 is 0. The van der Waals surface area contributed by atoms with E-state index < -0.39 is 5.43 Å². The van der Waals surface area contributed by atoms with E-state index in [9.17, 15) is 4.79 Å². The summed E-state index contributed by atoms with van der Waals surface area (Å²) in [7, 11) is 3.38. The maximum Gasteiger partial charge on any atom is 0.401 e. The van der Waals surface area contributed by atoms with Gasteiger partial charge in [0.2, 0.25) is 6.41 Å². The summed E-state index contributed by atoms with van der Waals surface area (Å²) in [5.41, 5.74) is -1.36. The first kappa shape index (κ1) is 11.1. The Balaban J connectivity index is 0. The molecule has 0 aliphatic heterocycles. The van der Waals surface area contributed by atoms with Crippen LogP contribution < -0.4 is 0 Å². The molecule has 5 heteroatoms. The van der Waals surface area contributed by atoms with Crippen LogP contribution in [0.25, 0.3) is 0 Å². The summed E-state index contributed by atoms with van der Waals surface area (Å²) in [5.74, 6) is 0. The average Bonchev–Trinajstić information content (AvgIpc) is 1.65. The summed E-state index contributed by atoms with van der Waals surface area (Å²) in [4.78, 5) is 19.6. The minimum atomic E-state index is -1.36. The molecule has 0 rings (SSSR count). The molecule has 0 bridgehead atoms. The van der Waals surface area contributed by atoms with Crippen molar-refractivity contribution in [3.05, 3.63) is 0 Å². The Morgan fingerprint density at radius 2 is 1.78 bits per heavy atom. The van der Waals surface area contributed by atoms with E-state index in [0.29, 0.717) is 0 Å². The summed E-state index contributed by atoms with van der Waals surface area (Å²) >= 11 is 4.19.